The maximum absolute atomic E-state index is 13.0. The Bertz CT molecular complexity index is 994. The molecule has 7 nitrogen and oxygen atoms in total. The number of nitrogens with zero attached hydrogens (tertiary/aromatic N) is 3. The molecule has 0 bridgehead atoms. The van der Waals surface area contributed by atoms with Crippen molar-refractivity contribution in [1.82, 2.24) is 14.5 Å². The van der Waals surface area contributed by atoms with Gasteiger partial charge in [-0.15, -0.1) is 0 Å². The van der Waals surface area contributed by atoms with Crippen LogP contribution in [-0.2, 0) is 25.6 Å². The van der Waals surface area contributed by atoms with Crippen molar-refractivity contribution in [2.24, 2.45) is 5.92 Å². The number of esters is 2. The van der Waals surface area contributed by atoms with Gasteiger partial charge in [0.05, 0.1) is 19.1 Å². The van der Waals surface area contributed by atoms with Crippen LogP contribution in [0, 0.1) is 12.8 Å². The molecule has 7 heteroatoms. The first kappa shape index (κ1) is 56.1. The molecule has 0 N–H and O–H groups in total. The summed E-state index contributed by atoms with van der Waals surface area (Å²) in [5, 5.41) is 0. The first-order chi connectivity index (χ1) is 28.4. The first-order valence-electron chi connectivity index (χ1n) is 25.4. The van der Waals surface area contributed by atoms with Crippen LogP contribution < -0.4 is 0 Å². The molecule has 1 aromatic heterocycles. The molecule has 0 aromatic carbocycles. The molecule has 0 aliphatic heterocycles. The molecule has 0 spiro atoms. The van der Waals surface area contributed by atoms with Crippen LogP contribution in [0.2, 0.25) is 0 Å². The summed E-state index contributed by atoms with van der Waals surface area (Å²) in [6.45, 7) is 18.8. The van der Waals surface area contributed by atoms with Crippen molar-refractivity contribution in [1.29, 1.82) is 0 Å². The Hall–Kier alpha value is -1.89. The van der Waals surface area contributed by atoms with Crippen molar-refractivity contribution in [2.75, 3.05) is 32.8 Å². The van der Waals surface area contributed by atoms with Crippen LogP contribution >= 0.6 is 0 Å². The summed E-state index contributed by atoms with van der Waals surface area (Å²) in [4.78, 5) is 32.1. The third-order valence-electron chi connectivity index (χ3n) is 11.6. The highest BCUT2D eigenvalue weighted by molar-refractivity contribution is 5.72. The number of carbonyl (C=O) groups is 2. The highest BCUT2D eigenvalue weighted by atomic mass is 16.5. The van der Waals surface area contributed by atoms with E-state index in [0.29, 0.717) is 19.6 Å². The lowest BCUT2D eigenvalue weighted by Gasteiger charge is -2.22. The minimum absolute atomic E-state index is 0.0171. The van der Waals surface area contributed by atoms with Gasteiger partial charge < -0.3 is 18.9 Å². The van der Waals surface area contributed by atoms with E-state index in [9.17, 15) is 9.59 Å². The van der Waals surface area contributed by atoms with Crippen LogP contribution in [-0.4, -0.2) is 59.2 Å². The number of carbonyl (C=O) groups excluding carboxylic acids is 2. The highest BCUT2D eigenvalue weighted by Crippen LogP contribution is 2.21. The Morgan fingerprint density at radius 2 is 0.948 bits per heavy atom. The fraction of sp³-hybridized carbons (Fsp3) is 0.902. The second kappa shape index (κ2) is 44.7. The molecule has 0 aliphatic carbocycles. The Kier molecular flexibility index (Phi) is 43.2. The summed E-state index contributed by atoms with van der Waals surface area (Å²) >= 11 is 0. The zero-order chi connectivity index (χ0) is 42.6. The third kappa shape index (κ3) is 37.1. The fourth-order valence-corrected chi connectivity index (χ4v) is 7.67. The van der Waals surface area contributed by atoms with Crippen LogP contribution in [0.4, 0.5) is 0 Å². The molecule has 342 valence electrons. The predicted octanol–water partition coefficient (Wildman–Crippen LogP) is 15.2. The number of hydrogen-bond donors (Lipinski definition) is 0. The highest BCUT2D eigenvalue weighted by Gasteiger charge is 2.19. The molecule has 1 aromatic rings. The second-order valence-corrected chi connectivity index (χ2v) is 17.3. The Morgan fingerprint density at radius 1 is 0.534 bits per heavy atom. The van der Waals surface area contributed by atoms with Gasteiger partial charge in [0.15, 0.2) is 0 Å². The average Bonchev–Trinajstić information content (AvgIpc) is 3.64. The summed E-state index contributed by atoms with van der Waals surface area (Å²) in [5.41, 5.74) is 0. The van der Waals surface area contributed by atoms with Crippen LogP contribution in [0.15, 0.2) is 12.4 Å². The van der Waals surface area contributed by atoms with Crippen molar-refractivity contribution in [2.45, 2.75) is 260 Å². The molecular weight excluding hydrogens is 719 g/mol. The minimum atomic E-state index is -0.0171. The van der Waals surface area contributed by atoms with E-state index in [1.54, 1.807) is 0 Å². The van der Waals surface area contributed by atoms with E-state index in [1.807, 2.05) is 6.20 Å². The lowest BCUT2D eigenvalue weighted by molar-refractivity contribution is -0.149. The topological polar surface area (TPSA) is 73.7 Å². The summed E-state index contributed by atoms with van der Waals surface area (Å²) in [6, 6.07) is 0. The van der Waals surface area contributed by atoms with Gasteiger partial charge in [0, 0.05) is 25.4 Å². The number of aromatic nitrogens is 2. The minimum Gasteiger partial charge on any atom is -0.466 e. The molecule has 0 amide bonds. The van der Waals surface area contributed by atoms with Gasteiger partial charge in [-0.25, -0.2) is 4.98 Å². The van der Waals surface area contributed by atoms with Crippen molar-refractivity contribution in [3.63, 3.8) is 0 Å². The van der Waals surface area contributed by atoms with E-state index in [2.05, 4.69) is 62.2 Å². The van der Waals surface area contributed by atoms with Crippen molar-refractivity contribution < 1.29 is 19.1 Å². The molecular formula is C51H99N3O4. The molecule has 0 fully saturated rings. The lowest BCUT2D eigenvalue weighted by Crippen LogP contribution is -2.28. The molecule has 1 unspecified atom stereocenters. The maximum atomic E-state index is 13.0. The standard InChI is InChI=1S/C45H85N3O4.C6H14/c1-5-8-11-14-16-18-25-33-44(49)51-40-28-21-19-26-35-47(37-30-38-48-39-34-46-42(48)4)36-27-20-22-29-41-52-45(50)43(31-23-13-10-7-3)32-24-17-15-12-9-6-2;1-3-5-6-4-2/h34,39,43H,5-33,35-38,40-41H2,1-4H3;3-6H2,1-2H3. The van der Waals surface area contributed by atoms with Crippen molar-refractivity contribution in [3.05, 3.63) is 18.2 Å². The molecule has 0 aliphatic rings. The van der Waals surface area contributed by atoms with E-state index in [4.69, 9.17) is 9.47 Å². The normalized spacial score (nSPS) is 11.8. The Balaban J connectivity index is 0.00000499. The van der Waals surface area contributed by atoms with Gasteiger partial charge in [-0.3, -0.25) is 9.59 Å². The van der Waals surface area contributed by atoms with Gasteiger partial charge in [0.1, 0.15) is 5.82 Å². The zero-order valence-electron chi connectivity index (χ0n) is 39.8. The van der Waals surface area contributed by atoms with E-state index < -0.39 is 0 Å². The monoisotopic (exact) mass is 818 g/mol. The number of imidazole rings is 1. The molecule has 58 heavy (non-hydrogen) atoms. The van der Waals surface area contributed by atoms with Crippen LogP contribution in [0.3, 0.4) is 0 Å². The van der Waals surface area contributed by atoms with E-state index in [1.165, 1.54) is 135 Å². The third-order valence-corrected chi connectivity index (χ3v) is 11.6. The predicted molar refractivity (Wildman–Crippen MR) is 250 cm³/mol. The van der Waals surface area contributed by atoms with Crippen molar-refractivity contribution in [3.8, 4) is 0 Å². The largest absolute Gasteiger partial charge is 0.466 e. The number of ether oxygens (including phenoxy) is 2. The molecule has 0 saturated carbocycles. The summed E-state index contributed by atoms with van der Waals surface area (Å²) < 4.78 is 13.6. The molecule has 1 heterocycles. The van der Waals surface area contributed by atoms with Gasteiger partial charge in [-0.2, -0.15) is 0 Å². The number of aryl methyl sites for hydroxylation is 2. The zero-order valence-corrected chi connectivity index (χ0v) is 39.8. The van der Waals surface area contributed by atoms with Crippen LogP contribution in [0.25, 0.3) is 0 Å². The second-order valence-electron chi connectivity index (χ2n) is 17.3. The quantitative estimate of drug-likeness (QED) is 0.0483. The number of unbranched alkanes of at least 4 members (excludes halogenated alkanes) is 23. The summed E-state index contributed by atoms with van der Waals surface area (Å²) in [6.07, 6.45) is 43.2. The Morgan fingerprint density at radius 3 is 1.47 bits per heavy atom. The summed E-state index contributed by atoms with van der Waals surface area (Å²) in [5.74, 6) is 1.22. The SMILES string of the molecule is CCCCCC.CCCCCCCCCC(=O)OCCCCCCN(CCCCCCOC(=O)C(CCCCCC)CCCCCCCC)CCCn1ccnc1C. The molecule has 0 saturated heterocycles. The summed E-state index contributed by atoms with van der Waals surface area (Å²) in [7, 11) is 0. The van der Waals surface area contributed by atoms with Gasteiger partial charge >= 0.3 is 11.9 Å². The molecule has 0 radical (unpaired) electrons. The van der Waals surface area contributed by atoms with E-state index >= 15 is 0 Å². The smallest absolute Gasteiger partial charge is 0.308 e. The molecule has 1 atom stereocenters. The number of rotatable bonds is 42. The van der Waals surface area contributed by atoms with Crippen LogP contribution in [0.1, 0.15) is 252 Å². The first-order valence-corrected chi connectivity index (χ1v) is 25.4. The van der Waals surface area contributed by atoms with Gasteiger partial charge in [-0.05, 0) is 77.9 Å². The number of hydrogen-bond acceptors (Lipinski definition) is 6. The lowest BCUT2D eigenvalue weighted by atomic mass is 9.94. The van der Waals surface area contributed by atoms with Crippen LogP contribution in [0.5, 0.6) is 0 Å². The van der Waals surface area contributed by atoms with E-state index in [0.717, 1.165) is 103 Å². The average molecular weight is 818 g/mol. The van der Waals surface area contributed by atoms with Gasteiger partial charge in [0.2, 0.25) is 0 Å². The fourth-order valence-electron chi connectivity index (χ4n) is 7.67. The Labute approximate surface area is 361 Å². The van der Waals surface area contributed by atoms with Crippen molar-refractivity contribution >= 4 is 11.9 Å². The van der Waals surface area contributed by atoms with Gasteiger partial charge in [-0.1, -0.05) is 189 Å². The van der Waals surface area contributed by atoms with Gasteiger partial charge in [0.25, 0.3) is 0 Å². The maximum Gasteiger partial charge on any atom is 0.308 e. The molecule has 1 rings (SSSR count). The van der Waals surface area contributed by atoms with E-state index in [-0.39, 0.29) is 17.9 Å².